The van der Waals surface area contributed by atoms with Gasteiger partial charge in [0.25, 0.3) is 0 Å². The van der Waals surface area contributed by atoms with Crippen LogP contribution in [0.15, 0.2) is 48.7 Å². The average Bonchev–Trinajstić information content (AvgIpc) is 2.83. The van der Waals surface area contributed by atoms with E-state index < -0.39 is 0 Å². The number of methoxy groups -OCH3 is 1. The normalized spacial score (nSPS) is 19.2. The first-order valence-electron chi connectivity index (χ1n) is 12.0. The van der Waals surface area contributed by atoms with Gasteiger partial charge >= 0.3 is 0 Å². The van der Waals surface area contributed by atoms with Crippen LogP contribution in [-0.4, -0.2) is 73.5 Å². The Kier molecular flexibility index (Phi) is 9.15. The number of allylic oxidation sites excluding steroid dienone is 2. The predicted molar refractivity (Wildman–Crippen MR) is 135 cm³/mol. The van der Waals surface area contributed by atoms with E-state index in [1.165, 1.54) is 16.7 Å². The Balaban J connectivity index is 1.46. The van der Waals surface area contributed by atoms with Gasteiger partial charge in [0.2, 0.25) is 5.91 Å². The number of amides is 1. The second kappa shape index (κ2) is 12.1. The minimum absolute atomic E-state index is 0.149. The molecular weight excluding hydrogens is 412 g/mol. The van der Waals surface area contributed by atoms with Crippen LogP contribution < -0.4 is 10.5 Å². The van der Waals surface area contributed by atoms with E-state index in [0.29, 0.717) is 5.91 Å². The third-order valence-electron chi connectivity index (χ3n) is 7.13. The molecule has 0 atom stereocenters. The highest BCUT2D eigenvalue weighted by atomic mass is 16.5. The van der Waals surface area contributed by atoms with Crippen LogP contribution in [0.4, 0.5) is 0 Å². The van der Waals surface area contributed by atoms with E-state index in [-0.39, 0.29) is 5.92 Å². The number of nitrogens with zero attached hydrogens (tertiary/aromatic N) is 3. The summed E-state index contributed by atoms with van der Waals surface area (Å²) < 4.78 is 5.44. The van der Waals surface area contributed by atoms with Gasteiger partial charge in [0.15, 0.2) is 0 Å². The molecule has 33 heavy (non-hydrogen) atoms. The minimum atomic E-state index is 0.149. The molecule has 6 heteroatoms. The summed E-state index contributed by atoms with van der Waals surface area (Å²) in [4.78, 5) is 20.1. The molecule has 1 amide bonds. The molecule has 0 spiro atoms. The van der Waals surface area contributed by atoms with E-state index >= 15 is 0 Å². The molecule has 0 bridgehead atoms. The van der Waals surface area contributed by atoms with E-state index in [1.54, 1.807) is 19.4 Å². The number of rotatable bonds is 8. The second-order valence-corrected chi connectivity index (χ2v) is 9.17. The first-order chi connectivity index (χ1) is 16.0. The molecule has 0 unspecified atom stereocenters. The van der Waals surface area contributed by atoms with E-state index in [4.69, 9.17) is 10.5 Å². The topological polar surface area (TPSA) is 62.0 Å². The monoisotopic (exact) mass is 452 g/mol. The number of likely N-dealkylation sites (tertiary alicyclic amines) is 1. The van der Waals surface area contributed by atoms with Crippen LogP contribution in [0.2, 0.25) is 0 Å². The third kappa shape index (κ3) is 6.49. The first-order valence-corrected chi connectivity index (χ1v) is 12.0. The summed E-state index contributed by atoms with van der Waals surface area (Å²) >= 11 is 0. The molecule has 0 saturated carbocycles. The average molecular weight is 453 g/mol. The zero-order valence-corrected chi connectivity index (χ0v) is 20.6. The van der Waals surface area contributed by atoms with Gasteiger partial charge in [0.1, 0.15) is 5.75 Å². The number of piperazine rings is 1. The van der Waals surface area contributed by atoms with Crippen LogP contribution in [-0.2, 0) is 11.3 Å². The molecule has 2 N–H and O–H groups in total. The Morgan fingerprint density at radius 1 is 1.09 bits per heavy atom. The number of ether oxygens (including phenoxy) is 1. The van der Waals surface area contributed by atoms with E-state index in [1.807, 2.05) is 12.2 Å². The number of carbonyl (C=O) groups is 1. The zero-order valence-electron chi connectivity index (χ0n) is 20.6. The quantitative estimate of drug-likeness (QED) is 0.614. The van der Waals surface area contributed by atoms with Gasteiger partial charge in [-0.05, 0) is 80.4 Å². The van der Waals surface area contributed by atoms with Gasteiger partial charge in [0, 0.05) is 45.2 Å². The SMILES string of the molecule is C=C/C=C(\C=C/N)CN1CCC(C(=O)N2CCN(Cc3ccc(OC)c(C)c3C)CC2)CC1. The maximum atomic E-state index is 13.1. The summed E-state index contributed by atoms with van der Waals surface area (Å²) in [5.74, 6) is 1.44. The summed E-state index contributed by atoms with van der Waals surface area (Å²) in [6, 6.07) is 4.23. The van der Waals surface area contributed by atoms with Crippen molar-refractivity contribution in [2.45, 2.75) is 33.2 Å². The fraction of sp³-hybridized carbons (Fsp3) is 0.519. The molecule has 1 aromatic carbocycles. The summed E-state index contributed by atoms with van der Waals surface area (Å²) in [6.07, 6.45) is 9.14. The van der Waals surface area contributed by atoms with Gasteiger partial charge in [-0.2, -0.15) is 0 Å². The molecule has 2 aliphatic heterocycles. The maximum absolute atomic E-state index is 13.1. The number of nitrogens with two attached hydrogens (primary N) is 1. The molecular formula is C27H40N4O2. The molecule has 3 rings (SSSR count). The van der Waals surface area contributed by atoms with Crippen molar-refractivity contribution in [2.75, 3.05) is 52.9 Å². The minimum Gasteiger partial charge on any atom is -0.496 e. The highest BCUT2D eigenvalue weighted by Gasteiger charge is 2.30. The van der Waals surface area contributed by atoms with Crippen molar-refractivity contribution >= 4 is 5.91 Å². The van der Waals surface area contributed by atoms with Crippen molar-refractivity contribution in [3.8, 4) is 5.75 Å². The molecule has 1 aromatic rings. The smallest absolute Gasteiger partial charge is 0.225 e. The van der Waals surface area contributed by atoms with Crippen LogP contribution in [0.1, 0.15) is 29.5 Å². The molecule has 180 valence electrons. The van der Waals surface area contributed by atoms with Gasteiger partial charge in [-0.3, -0.25) is 14.6 Å². The number of hydrogen-bond acceptors (Lipinski definition) is 5. The summed E-state index contributed by atoms with van der Waals surface area (Å²) in [7, 11) is 1.72. The molecule has 0 aliphatic carbocycles. The molecule has 0 aromatic heterocycles. The van der Waals surface area contributed by atoms with E-state index in [9.17, 15) is 4.79 Å². The van der Waals surface area contributed by atoms with Crippen molar-refractivity contribution < 1.29 is 9.53 Å². The van der Waals surface area contributed by atoms with Gasteiger partial charge in [0.05, 0.1) is 7.11 Å². The van der Waals surface area contributed by atoms with Gasteiger partial charge in [-0.15, -0.1) is 0 Å². The van der Waals surface area contributed by atoms with Gasteiger partial charge < -0.3 is 15.4 Å². The third-order valence-corrected chi connectivity index (χ3v) is 7.13. The Hall–Kier alpha value is -2.57. The Bertz CT molecular complexity index is 876. The molecule has 6 nitrogen and oxygen atoms in total. The van der Waals surface area contributed by atoms with E-state index in [0.717, 1.165) is 76.5 Å². The molecule has 2 saturated heterocycles. The Morgan fingerprint density at radius 2 is 1.79 bits per heavy atom. The highest BCUT2D eigenvalue weighted by molar-refractivity contribution is 5.79. The van der Waals surface area contributed by atoms with Crippen molar-refractivity contribution in [2.24, 2.45) is 11.7 Å². The van der Waals surface area contributed by atoms with E-state index in [2.05, 4.69) is 47.3 Å². The molecule has 2 fully saturated rings. The summed E-state index contributed by atoms with van der Waals surface area (Å²) in [5, 5.41) is 0. The fourth-order valence-electron chi connectivity index (χ4n) is 4.90. The van der Waals surface area contributed by atoms with Gasteiger partial charge in [-0.25, -0.2) is 0 Å². The van der Waals surface area contributed by atoms with Gasteiger partial charge in [-0.1, -0.05) is 24.8 Å². The predicted octanol–water partition coefficient (Wildman–Crippen LogP) is 3.25. The standard InChI is InChI=1S/C27H40N4O2/c1-5-6-23(9-12-28)19-29-13-10-24(11-14-29)27(32)31-17-15-30(16-18-31)20-25-7-8-26(33-4)22(3)21(25)2/h5-9,12,24H,1,10-11,13-20,28H2,2-4H3/b12-9-,23-6+. The lowest BCUT2D eigenvalue weighted by Crippen LogP contribution is -2.51. The number of benzene rings is 1. The maximum Gasteiger partial charge on any atom is 0.225 e. The molecule has 2 aliphatic rings. The second-order valence-electron chi connectivity index (χ2n) is 9.17. The molecule has 0 radical (unpaired) electrons. The summed E-state index contributed by atoms with van der Waals surface area (Å²) in [5.41, 5.74) is 10.6. The molecule has 2 heterocycles. The number of hydrogen-bond donors (Lipinski definition) is 1. The lowest BCUT2D eigenvalue weighted by atomic mass is 9.94. The van der Waals surface area contributed by atoms with Crippen LogP contribution >= 0.6 is 0 Å². The zero-order chi connectivity index (χ0) is 23.8. The van der Waals surface area contributed by atoms with Crippen molar-refractivity contribution in [1.82, 2.24) is 14.7 Å². The fourth-order valence-corrected chi connectivity index (χ4v) is 4.90. The lowest BCUT2D eigenvalue weighted by molar-refractivity contribution is -0.138. The number of piperidine rings is 1. The van der Waals surface area contributed by atoms with Crippen molar-refractivity contribution in [1.29, 1.82) is 0 Å². The summed E-state index contributed by atoms with van der Waals surface area (Å²) in [6.45, 7) is 15.2. The van der Waals surface area contributed by atoms with Crippen LogP contribution in [0.3, 0.4) is 0 Å². The van der Waals surface area contributed by atoms with Crippen molar-refractivity contribution in [3.63, 3.8) is 0 Å². The highest BCUT2D eigenvalue weighted by Crippen LogP contribution is 2.26. The van der Waals surface area contributed by atoms with Crippen LogP contribution in [0, 0.1) is 19.8 Å². The largest absolute Gasteiger partial charge is 0.496 e. The number of carbonyl (C=O) groups excluding carboxylic acids is 1. The Morgan fingerprint density at radius 3 is 2.39 bits per heavy atom. The lowest BCUT2D eigenvalue weighted by Gasteiger charge is -2.38. The first kappa shape index (κ1) is 25.1. The van der Waals surface area contributed by atoms with Crippen LogP contribution in [0.25, 0.3) is 0 Å². The van der Waals surface area contributed by atoms with Crippen molar-refractivity contribution in [3.05, 3.63) is 65.4 Å². The van der Waals surface area contributed by atoms with Crippen LogP contribution in [0.5, 0.6) is 5.75 Å². The Labute approximate surface area is 199 Å².